The van der Waals surface area contributed by atoms with E-state index < -0.39 is 0 Å². The molecule has 5 nitrogen and oxygen atoms in total. The van der Waals surface area contributed by atoms with Crippen molar-refractivity contribution in [3.63, 3.8) is 0 Å². The summed E-state index contributed by atoms with van der Waals surface area (Å²) in [5.74, 6) is 2.01. The number of aromatic nitrogens is 2. The fourth-order valence-corrected chi connectivity index (χ4v) is 11.4. The maximum atomic E-state index is 7.08. The van der Waals surface area contributed by atoms with Crippen LogP contribution in [-0.4, -0.2) is 9.55 Å². The zero-order valence-corrected chi connectivity index (χ0v) is 51.5. The molecular formula is C76H71N4OPt-3. The Balaban J connectivity index is 0.00000705. The van der Waals surface area contributed by atoms with E-state index in [0.717, 1.165) is 94.9 Å². The van der Waals surface area contributed by atoms with Crippen LogP contribution >= 0.6 is 0 Å². The Labute approximate surface area is 500 Å². The van der Waals surface area contributed by atoms with Crippen molar-refractivity contribution in [2.24, 2.45) is 0 Å². The van der Waals surface area contributed by atoms with E-state index in [1.54, 1.807) is 0 Å². The Kier molecular flexibility index (Phi) is 14.6. The molecule has 82 heavy (non-hydrogen) atoms. The second-order valence-corrected chi connectivity index (χ2v) is 25.9. The molecule has 12 rings (SSSR count). The molecule has 0 aliphatic carbocycles. The van der Waals surface area contributed by atoms with Gasteiger partial charge < -0.3 is 19.1 Å². The molecule has 1 aliphatic rings. The number of anilines is 4. The number of rotatable bonds is 9. The molecule has 6 heteroatoms. The van der Waals surface area contributed by atoms with E-state index in [1.807, 2.05) is 6.20 Å². The smallest absolute Gasteiger partial charge is 0.135 e. The summed E-state index contributed by atoms with van der Waals surface area (Å²) in [6.07, 6.45) is 2.04. The van der Waals surface area contributed by atoms with Gasteiger partial charge in [0.25, 0.3) is 0 Å². The first-order valence-corrected chi connectivity index (χ1v) is 28.4. The molecule has 0 amide bonds. The van der Waals surface area contributed by atoms with Crippen LogP contribution in [0.5, 0.6) is 11.5 Å². The van der Waals surface area contributed by atoms with Gasteiger partial charge in [-0.3, -0.25) is 0 Å². The predicted molar refractivity (Wildman–Crippen MR) is 341 cm³/mol. The molecule has 11 aromatic rings. The maximum absolute atomic E-state index is 7.08. The molecule has 0 saturated carbocycles. The Morgan fingerprint density at radius 3 is 1.54 bits per heavy atom. The van der Waals surface area contributed by atoms with Gasteiger partial charge in [0.15, 0.2) is 0 Å². The second-order valence-electron chi connectivity index (χ2n) is 25.9. The van der Waals surface area contributed by atoms with E-state index in [1.165, 1.54) is 22.3 Å². The molecule has 0 saturated heterocycles. The summed E-state index contributed by atoms with van der Waals surface area (Å²) < 4.78 is 9.35. The zero-order chi connectivity index (χ0) is 56.6. The Hall–Kier alpha value is -7.98. The second kappa shape index (κ2) is 21.4. The molecule has 0 unspecified atom stereocenters. The van der Waals surface area contributed by atoms with Gasteiger partial charge in [-0.2, -0.15) is 6.07 Å². The normalized spacial score (nSPS) is 12.9. The molecule has 2 aromatic heterocycles. The van der Waals surface area contributed by atoms with Gasteiger partial charge in [-0.1, -0.05) is 240 Å². The first kappa shape index (κ1) is 55.9. The number of ether oxygens (including phenoxy) is 1. The van der Waals surface area contributed by atoms with Crippen molar-refractivity contribution >= 4 is 44.6 Å². The van der Waals surface area contributed by atoms with Crippen molar-refractivity contribution in [3.8, 4) is 61.8 Å². The number of hydrogen-bond donors (Lipinski definition) is 0. The van der Waals surface area contributed by atoms with E-state index in [0.29, 0.717) is 11.5 Å². The van der Waals surface area contributed by atoms with Crippen LogP contribution in [0.1, 0.15) is 105 Å². The maximum Gasteiger partial charge on any atom is 0.135 e. The van der Waals surface area contributed by atoms with Crippen LogP contribution in [0.25, 0.3) is 72.1 Å². The van der Waals surface area contributed by atoms with Crippen LogP contribution in [0.2, 0.25) is 0 Å². The van der Waals surface area contributed by atoms with E-state index in [9.17, 15) is 0 Å². The number of hydrogen-bond acceptors (Lipinski definition) is 4. The Morgan fingerprint density at radius 1 is 0.415 bits per heavy atom. The molecule has 0 radical (unpaired) electrons. The average molecular weight is 1250 g/mol. The fourth-order valence-electron chi connectivity index (χ4n) is 11.4. The predicted octanol–water partition coefficient (Wildman–Crippen LogP) is 20.8. The van der Waals surface area contributed by atoms with E-state index in [2.05, 4.69) is 316 Å². The summed E-state index contributed by atoms with van der Waals surface area (Å²) in [6.45, 7) is 29.4. The first-order valence-electron chi connectivity index (χ1n) is 28.4. The van der Waals surface area contributed by atoms with E-state index in [4.69, 9.17) is 9.72 Å². The van der Waals surface area contributed by atoms with Gasteiger partial charge in [0.1, 0.15) is 5.82 Å². The average Bonchev–Trinajstić information content (AvgIpc) is 4.16. The number of benzene rings is 9. The minimum Gasteiger partial charge on any atom is -0.509 e. The molecule has 0 atom stereocenters. The molecule has 9 aromatic carbocycles. The molecule has 1 aliphatic heterocycles. The van der Waals surface area contributed by atoms with Gasteiger partial charge in [-0.25, -0.2) is 4.98 Å². The van der Waals surface area contributed by atoms with Crippen molar-refractivity contribution in [1.29, 1.82) is 0 Å². The summed E-state index contributed by atoms with van der Waals surface area (Å²) in [4.78, 5) is 9.91. The summed E-state index contributed by atoms with van der Waals surface area (Å²) in [5, 5.41) is 2.18. The molecule has 0 bridgehead atoms. The van der Waals surface area contributed by atoms with Crippen LogP contribution in [0, 0.1) is 18.8 Å². The molecule has 3 heterocycles. The third kappa shape index (κ3) is 10.7. The van der Waals surface area contributed by atoms with Crippen molar-refractivity contribution in [2.75, 3.05) is 9.80 Å². The van der Waals surface area contributed by atoms with Gasteiger partial charge in [0.05, 0.1) is 0 Å². The van der Waals surface area contributed by atoms with Crippen LogP contribution in [0.3, 0.4) is 0 Å². The van der Waals surface area contributed by atoms with Crippen molar-refractivity contribution in [3.05, 3.63) is 247 Å². The van der Waals surface area contributed by atoms with Gasteiger partial charge in [-0.05, 0) is 95.8 Å². The quantitative estimate of drug-likeness (QED) is 0.135. The van der Waals surface area contributed by atoms with Crippen LogP contribution in [0.15, 0.2) is 206 Å². The van der Waals surface area contributed by atoms with Crippen LogP contribution < -0.4 is 14.5 Å². The van der Waals surface area contributed by atoms with Crippen LogP contribution in [0.4, 0.5) is 22.7 Å². The standard InChI is InChI=1S/C76H71N4O.Pt/c1-73(2,3)55-35-30-50(31-36-55)54-34-41-67-64(42-54)63-40-39-59(46-70(63)80(67)71-47-66(76(10,11)12)65(48-77-71)52-24-17-14-18-25-52)81-60-44-57(75(7,8)9)43-58(45-60)78-49-79(69-29-20-19-28-68(69)78)72-61(51-22-15-13-16-23-51)26-21-27-62(72)53-32-37-56(38-33-53)74(4,5)6;/h13-44,47-49H,1-12H3;/q-3;. The summed E-state index contributed by atoms with van der Waals surface area (Å²) in [5.41, 5.74) is 19.9. The minimum atomic E-state index is -0.222. The van der Waals surface area contributed by atoms with Crippen molar-refractivity contribution in [1.82, 2.24) is 9.55 Å². The molecule has 414 valence electrons. The third-order valence-corrected chi connectivity index (χ3v) is 16.0. The SMILES string of the molecule is CC(C)(C)c1ccc(-c2ccc3c(c2)c2ccc(Oc4[c-]c(N5[CH-]N(c6c(-c7ccccc7)cccc6-c6ccc(C(C)(C)C)cc6)c6ccccc65)cc(C(C)(C)C)c4)[c-]c2n3-c2cc(C(C)(C)C)c(-c3ccccc3)cn2)cc1.[Pt]. The summed E-state index contributed by atoms with van der Waals surface area (Å²) >= 11 is 0. The van der Waals surface area contributed by atoms with E-state index in [-0.39, 0.29) is 42.7 Å². The minimum absolute atomic E-state index is 0. The topological polar surface area (TPSA) is 33.5 Å². The zero-order valence-electron chi connectivity index (χ0n) is 49.2. The largest absolute Gasteiger partial charge is 0.509 e. The van der Waals surface area contributed by atoms with Crippen molar-refractivity contribution < 1.29 is 25.8 Å². The fraction of sp³-hybridized carbons (Fsp3) is 0.211. The summed E-state index contributed by atoms with van der Waals surface area (Å²) in [6, 6.07) is 80.1. The van der Waals surface area contributed by atoms with E-state index >= 15 is 0 Å². The first-order chi connectivity index (χ1) is 38.7. The number of pyridine rings is 1. The van der Waals surface area contributed by atoms with Crippen molar-refractivity contribution in [2.45, 2.75) is 105 Å². The van der Waals surface area contributed by atoms with Gasteiger partial charge in [0, 0.05) is 78.0 Å². The molecular weight excluding hydrogens is 1180 g/mol. The van der Waals surface area contributed by atoms with Gasteiger partial charge in [0.2, 0.25) is 0 Å². The van der Waals surface area contributed by atoms with Gasteiger partial charge >= 0.3 is 0 Å². The monoisotopic (exact) mass is 1250 g/mol. The van der Waals surface area contributed by atoms with Gasteiger partial charge in [-0.15, -0.1) is 53.6 Å². The summed E-state index contributed by atoms with van der Waals surface area (Å²) in [7, 11) is 0. The number of para-hydroxylation sites is 3. The Morgan fingerprint density at radius 2 is 0.951 bits per heavy atom. The number of fused-ring (bicyclic) bond motifs is 4. The molecule has 0 fully saturated rings. The Bertz CT molecular complexity index is 4130. The molecule has 0 spiro atoms. The number of nitrogens with zero attached hydrogens (tertiary/aromatic N) is 4. The van der Waals surface area contributed by atoms with Crippen LogP contribution in [-0.2, 0) is 42.7 Å². The third-order valence-electron chi connectivity index (χ3n) is 16.0. The molecule has 0 N–H and O–H groups in total.